The van der Waals surface area contributed by atoms with Crippen molar-refractivity contribution in [1.82, 2.24) is 29.9 Å². The van der Waals surface area contributed by atoms with E-state index in [-0.39, 0.29) is 25.0 Å². The first kappa shape index (κ1) is 23.5. The van der Waals surface area contributed by atoms with Crippen LogP contribution in [0.2, 0.25) is 0 Å². The highest BCUT2D eigenvalue weighted by molar-refractivity contribution is 5.98. The molecule has 0 radical (unpaired) electrons. The Bertz CT molecular complexity index is 1150. The second kappa shape index (κ2) is 9.31. The van der Waals surface area contributed by atoms with Gasteiger partial charge in [-0.2, -0.15) is 23.4 Å². The number of alkyl halides is 3. The lowest BCUT2D eigenvalue weighted by Gasteiger charge is -2.40. The van der Waals surface area contributed by atoms with Crippen molar-refractivity contribution in [3.05, 3.63) is 59.7 Å². The van der Waals surface area contributed by atoms with E-state index in [2.05, 4.69) is 25.5 Å². The number of anilines is 1. The zero-order valence-electron chi connectivity index (χ0n) is 17.9. The highest BCUT2D eigenvalue weighted by Gasteiger charge is 2.36. The molecular formula is C21H20F5N7O. The Labute approximate surface area is 190 Å². The van der Waals surface area contributed by atoms with E-state index in [0.29, 0.717) is 18.8 Å². The summed E-state index contributed by atoms with van der Waals surface area (Å²) in [6.45, 7) is 2.28. The molecular weight excluding hydrogens is 461 g/mol. The molecule has 8 nitrogen and oxygen atoms in total. The van der Waals surface area contributed by atoms with Gasteiger partial charge >= 0.3 is 6.18 Å². The number of hydrogen-bond donors (Lipinski definition) is 1. The van der Waals surface area contributed by atoms with Crippen molar-refractivity contribution in [3.63, 3.8) is 0 Å². The van der Waals surface area contributed by atoms with Crippen LogP contribution in [0.25, 0.3) is 5.69 Å². The minimum absolute atomic E-state index is 0.0393. The first-order valence-corrected chi connectivity index (χ1v) is 10.5. The number of carbonyl (C=O) groups is 1. The molecule has 1 fully saturated rings. The van der Waals surface area contributed by atoms with E-state index in [9.17, 15) is 26.7 Å². The molecule has 3 aromatic rings. The molecule has 2 atom stereocenters. The van der Waals surface area contributed by atoms with Crippen LogP contribution in [0.3, 0.4) is 0 Å². The number of aromatic nitrogens is 5. The fraction of sp³-hybridized carbons (Fsp3) is 0.381. The topological polar surface area (TPSA) is 88.8 Å². The number of halogens is 5. The van der Waals surface area contributed by atoms with E-state index in [4.69, 9.17) is 0 Å². The van der Waals surface area contributed by atoms with Gasteiger partial charge in [-0.25, -0.2) is 18.7 Å². The van der Waals surface area contributed by atoms with Crippen molar-refractivity contribution in [2.24, 2.45) is 5.92 Å². The van der Waals surface area contributed by atoms with Crippen molar-refractivity contribution in [2.45, 2.75) is 32.0 Å². The zero-order valence-corrected chi connectivity index (χ0v) is 17.9. The number of hydrogen-bond acceptors (Lipinski definition) is 6. The lowest BCUT2D eigenvalue weighted by Crippen LogP contribution is -2.51. The summed E-state index contributed by atoms with van der Waals surface area (Å²) in [5.74, 6) is -2.61. The lowest BCUT2D eigenvalue weighted by molar-refractivity contribution is -0.138. The van der Waals surface area contributed by atoms with Gasteiger partial charge in [0, 0.05) is 25.5 Å². The molecule has 1 aromatic carbocycles. The van der Waals surface area contributed by atoms with E-state index < -0.39 is 46.6 Å². The smallest absolute Gasteiger partial charge is 0.352 e. The molecule has 2 aromatic heterocycles. The maximum atomic E-state index is 14.8. The maximum absolute atomic E-state index is 14.8. The predicted molar refractivity (Wildman–Crippen MR) is 110 cm³/mol. The minimum Gasteiger partial charge on any atom is -0.352 e. The predicted octanol–water partition coefficient (Wildman–Crippen LogP) is 3.71. The lowest BCUT2D eigenvalue weighted by atomic mass is 9.90. The Morgan fingerprint density at radius 1 is 1.12 bits per heavy atom. The Kier molecular flexibility index (Phi) is 6.44. The number of nitrogens with one attached hydrogen (secondary N) is 1. The molecule has 0 spiro atoms. The number of benzene rings is 1. The molecule has 0 aliphatic carbocycles. The largest absolute Gasteiger partial charge is 0.419 e. The van der Waals surface area contributed by atoms with Crippen LogP contribution >= 0.6 is 0 Å². The number of amides is 1. The normalized spacial score (nSPS) is 18.7. The fourth-order valence-electron chi connectivity index (χ4n) is 3.99. The molecule has 1 saturated heterocycles. The Hall–Kier alpha value is -3.64. The van der Waals surface area contributed by atoms with Crippen LogP contribution in [0.15, 0.2) is 36.9 Å². The van der Waals surface area contributed by atoms with Crippen molar-refractivity contribution in [1.29, 1.82) is 0 Å². The molecule has 13 heteroatoms. The highest BCUT2D eigenvalue weighted by Crippen LogP contribution is 2.30. The number of likely N-dealkylation sites (tertiary alicyclic amines) is 1. The summed E-state index contributed by atoms with van der Waals surface area (Å²) in [4.78, 5) is 23.1. The van der Waals surface area contributed by atoms with E-state index >= 15 is 0 Å². The highest BCUT2D eigenvalue weighted by atomic mass is 19.4. The van der Waals surface area contributed by atoms with Gasteiger partial charge in [-0.15, -0.1) is 4.80 Å². The molecule has 34 heavy (non-hydrogen) atoms. The van der Waals surface area contributed by atoms with Gasteiger partial charge in [0.2, 0.25) is 5.95 Å². The van der Waals surface area contributed by atoms with Crippen LogP contribution in [0.1, 0.15) is 35.7 Å². The molecule has 0 saturated carbocycles. The number of carbonyl (C=O) groups excluding carboxylic acids is 1. The molecule has 1 aliphatic rings. The Morgan fingerprint density at radius 3 is 2.41 bits per heavy atom. The van der Waals surface area contributed by atoms with Crippen LogP contribution < -0.4 is 5.32 Å². The van der Waals surface area contributed by atoms with E-state index in [1.807, 2.05) is 6.92 Å². The van der Waals surface area contributed by atoms with Crippen LogP contribution in [0.4, 0.5) is 27.9 Å². The molecule has 1 amide bonds. The average Bonchev–Trinajstić information content (AvgIpc) is 3.33. The van der Waals surface area contributed by atoms with Crippen molar-refractivity contribution >= 4 is 11.9 Å². The number of piperidine rings is 1. The fourth-order valence-corrected chi connectivity index (χ4v) is 3.99. The van der Waals surface area contributed by atoms with Gasteiger partial charge < -0.3 is 10.2 Å². The molecule has 1 N–H and O–H groups in total. The van der Waals surface area contributed by atoms with E-state index in [1.54, 1.807) is 0 Å². The van der Waals surface area contributed by atoms with Crippen molar-refractivity contribution in [2.75, 3.05) is 18.4 Å². The number of rotatable bonds is 5. The Morgan fingerprint density at radius 2 is 1.76 bits per heavy atom. The van der Waals surface area contributed by atoms with Gasteiger partial charge in [-0.3, -0.25) is 4.79 Å². The van der Waals surface area contributed by atoms with Crippen molar-refractivity contribution < 1.29 is 26.7 Å². The van der Waals surface area contributed by atoms with Gasteiger partial charge in [-0.05, 0) is 30.9 Å². The third-order valence-corrected chi connectivity index (χ3v) is 5.74. The van der Waals surface area contributed by atoms with Crippen LogP contribution in [0.5, 0.6) is 0 Å². The van der Waals surface area contributed by atoms with Gasteiger partial charge in [-0.1, -0.05) is 6.92 Å². The van der Waals surface area contributed by atoms with Crippen LogP contribution in [-0.2, 0) is 6.18 Å². The summed E-state index contributed by atoms with van der Waals surface area (Å²) in [5, 5.41) is 10.5. The third-order valence-electron chi connectivity index (χ3n) is 5.74. The number of nitrogens with zero attached hydrogens (tertiary/aromatic N) is 6. The first-order chi connectivity index (χ1) is 16.2. The quantitative estimate of drug-likeness (QED) is 0.559. The SMILES string of the molecule is C[C@@H]1CCCN(C(=O)c2c(F)ccc(F)c2-n2nccn2)C1CNc1ncc(C(F)(F)F)cn1. The maximum Gasteiger partial charge on any atom is 0.419 e. The summed E-state index contributed by atoms with van der Waals surface area (Å²) in [6.07, 6.45) is 0.726. The second-order valence-electron chi connectivity index (χ2n) is 7.93. The van der Waals surface area contributed by atoms with Crippen molar-refractivity contribution in [3.8, 4) is 5.69 Å². The van der Waals surface area contributed by atoms with Gasteiger partial charge in [0.25, 0.3) is 5.91 Å². The van der Waals surface area contributed by atoms with Gasteiger partial charge in [0.1, 0.15) is 17.1 Å². The monoisotopic (exact) mass is 481 g/mol. The molecule has 4 rings (SSSR count). The summed E-state index contributed by atoms with van der Waals surface area (Å²) in [7, 11) is 0. The molecule has 180 valence electrons. The molecule has 3 heterocycles. The first-order valence-electron chi connectivity index (χ1n) is 10.5. The zero-order chi connectivity index (χ0) is 24.5. The van der Waals surface area contributed by atoms with Crippen LogP contribution in [0, 0.1) is 17.6 Å². The summed E-state index contributed by atoms with van der Waals surface area (Å²) >= 11 is 0. The standard InChI is InChI=1S/C21H20F5N7O/c1-12-3-2-8-32(16(12)11-29-20-27-9-13(10-28-20)21(24,25)26)19(34)17-14(22)4-5-15(23)18(17)33-30-6-7-31-33/h4-7,9-10,12,16H,2-3,8,11H2,1H3,(H,27,28,29)/t12-,16?/m1/s1. The average molecular weight is 481 g/mol. The van der Waals surface area contributed by atoms with E-state index in [1.165, 1.54) is 17.3 Å². The van der Waals surface area contributed by atoms with Gasteiger partial charge in [0.05, 0.1) is 24.0 Å². The Balaban J connectivity index is 1.60. The molecule has 0 bridgehead atoms. The van der Waals surface area contributed by atoms with Gasteiger partial charge in [0.15, 0.2) is 5.82 Å². The van der Waals surface area contributed by atoms with E-state index in [0.717, 1.165) is 23.4 Å². The molecule has 1 aliphatic heterocycles. The third kappa shape index (κ3) is 4.68. The summed E-state index contributed by atoms with van der Waals surface area (Å²) in [6, 6.07) is 1.28. The van der Waals surface area contributed by atoms with Crippen LogP contribution in [-0.4, -0.2) is 54.9 Å². The minimum atomic E-state index is -4.56. The second-order valence-corrected chi connectivity index (χ2v) is 7.93. The summed E-state index contributed by atoms with van der Waals surface area (Å²) < 4.78 is 67.7. The summed E-state index contributed by atoms with van der Waals surface area (Å²) in [5.41, 5.74) is -1.88. The molecule has 1 unspecified atom stereocenters.